The van der Waals surface area contributed by atoms with Crippen LogP contribution in [-0.2, 0) is 11.0 Å². The molecule has 0 amide bonds. The monoisotopic (exact) mass is 532 g/mol. The predicted octanol–water partition coefficient (Wildman–Crippen LogP) is 6.42. The zero-order valence-corrected chi connectivity index (χ0v) is 20.1. The average molecular weight is 533 g/mol. The summed E-state index contributed by atoms with van der Waals surface area (Å²) in [7, 11) is 0. The lowest BCUT2D eigenvalue weighted by atomic mass is 9.97. The summed E-state index contributed by atoms with van der Waals surface area (Å²) >= 11 is 6.24. The number of ether oxygens (including phenoxy) is 1. The van der Waals surface area contributed by atoms with Crippen LogP contribution in [0, 0.1) is 0 Å². The number of hydrogen-bond acceptors (Lipinski definition) is 7. The van der Waals surface area contributed by atoms with Gasteiger partial charge in [0.15, 0.2) is 0 Å². The molecule has 0 spiro atoms. The molecular weight excluding hydrogens is 513 g/mol. The van der Waals surface area contributed by atoms with E-state index in [1.165, 1.54) is 30.5 Å². The van der Waals surface area contributed by atoms with E-state index in [1.807, 2.05) is 0 Å². The summed E-state index contributed by atoms with van der Waals surface area (Å²) in [6.07, 6.45) is -3.18. The Balaban J connectivity index is 1.63. The van der Waals surface area contributed by atoms with Gasteiger partial charge in [-0.1, -0.05) is 35.0 Å². The van der Waals surface area contributed by atoms with Crippen LogP contribution in [-0.4, -0.2) is 39.4 Å². The van der Waals surface area contributed by atoms with Gasteiger partial charge in [0, 0.05) is 29.4 Å². The van der Waals surface area contributed by atoms with E-state index in [4.69, 9.17) is 26.0 Å². The van der Waals surface area contributed by atoms with Gasteiger partial charge in [-0.05, 0) is 42.8 Å². The number of aliphatic carboxylic acids is 1. The van der Waals surface area contributed by atoms with Gasteiger partial charge >= 0.3 is 12.1 Å². The quantitative estimate of drug-likeness (QED) is 0.254. The van der Waals surface area contributed by atoms with Crippen molar-refractivity contribution in [1.82, 2.24) is 15.1 Å². The van der Waals surface area contributed by atoms with E-state index in [0.29, 0.717) is 16.9 Å². The Kier molecular flexibility index (Phi) is 7.63. The van der Waals surface area contributed by atoms with Gasteiger partial charge in [-0.2, -0.15) is 18.2 Å². The van der Waals surface area contributed by atoms with E-state index in [0.717, 1.165) is 6.07 Å². The summed E-state index contributed by atoms with van der Waals surface area (Å²) in [6.45, 7) is 2.12. The van der Waals surface area contributed by atoms with Crippen LogP contribution in [0.15, 0.2) is 59.3 Å². The second kappa shape index (κ2) is 10.9. The number of carboxylic acids is 1. The van der Waals surface area contributed by atoms with E-state index in [1.54, 1.807) is 25.1 Å². The lowest BCUT2D eigenvalue weighted by Crippen LogP contribution is -2.08. The van der Waals surface area contributed by atoms with Gasteiger partial charge in [0.25, 0.3) is 5.89 Å². The molecule has 0 saturated heterocycles. The molecule has 0 unspecified atom stereocenters. The molecule has 2 aromatic carbocycles. The molecule has 2 aromatic heterocycles. The molecule has 4 rings (SSSR count). The van der Waals surface area contributed by atoms with Crippen molar-refractivity contribution in [2.24, 2.45) is 0 Å². The molecule has 0 aliphatic rings. The van der Waals surface area contributed by atoms with Crippen molar-refractivity contribution in [2.45, 2.75) is 19.5 Å². The Morgan fingerprint density at radius 1 is 1.14 bits per heavy atom. The van der Waals surface area contributed by atoms with Gasteiger partial charge in [0.1, 0.15) is 11.6 Å². The van der Waals surface area contributed by atoms with Crippen LogP contribution >= 0.6 is 11.6 Å². The van der Waals surface area contributed by atoms with Gasteiger partial charge in [-0.25, -0.2) is 4.98 Å². The number of anilines is 1. The number of pyridine rings is 1. The molecule has 37 heavy (non-hydrogen) atoms. The Labute approximate surface area is 214 Å². The second-order valence-corrected chi connectivity index (χ2v) is 8.14. The zero-order valence-electron chi connectivity index (χ0n) is 19.3. The molecule has 2 N–H and O–H groups in total. The van der Waals surface area contributed by atoms with Crippen molar-refractivity contribution in [3.63, 3.8) is 0 Å². The van der Waals surface area contributed by atoms with E-state index in [9.17, 15) is 18.0 Å². The van der Waals surface area contributed by atoms with Crippen molar-refractivity contribution < 1.29 is 32.3 Å². The summed E-state index contributed by atoms with van der Waals surface area (Å²) < 4.78 is 51.8. The number of nitrogens with zero attached hydrogens (tertiary/aromatic N) is 3. The van der Waals surface area contributed by atoms with Crippen LogP contribution < -0.4 is 10.1 Å². The molecular formula is C25H20ClF3N4O4. The zero-order chi connectivity index (χ0) is 26.6. The van der Waals surface area contributed by atoms with Crippen LogP contribution in [0.1, 0.15) is 18.9 Å². The van der Waals surface area contributed by atoms with Crippen LogP contribution in [0.25, 0.3) is 34.0 Å². The number of carbonyl (C=O) groups is 1. The first kappa shape index (κ1) is 26.0. The summed E-state index contributed by atoms with van der Waals surface area (Å²) in [4.78, 5) is 19.2. The second-order valence-electron chi connectivity index (χ2n) is 7.74. The molecule has 8 nitrogen and oxygen atoms in total. The van der Waals surface area contributed by atoms with E-state index in [2.05, 4.69) is 20.4 Å². The summed E-state index contributed by atoms with van der Waals surface area (Å²) in [5.41, 5.74) is 0.397. The first-order chi connectivity index (χ1) is 17.7. The highest BCUT2D eigenvalue weighted by molar-refractivity contribution is 6.33. The fourth-order valence-corrected chi connectivity index (χ4v) is 3.79. The Morgan fingerprint density at radius 2 is 1.92 bits per heavy atom. The SMILES string of the molecule is CCOc1cc(-c2nc(-c3cnc(NCCC(=O)O)c(Cl)c3)no2)ccc1-c1ccccc1C(F)(F)F. The van der Waals surface area contributed by atoms with Crippen LogP contribution in [0.5, 0.6) is 5.75 Å². The topological polar surface area (TPSA) is 110 Å². The van der Waals surface area contributed by atoms with Gasteiger partial charge in [0.05, 0.1) is 23.6 Å². The Hall–Kier alpha value is -4.12. The molecule has 0 radical (unpaired) electrons. The highest BCUT2D eigenvalue weighted by Gasteiger charge is 2.34. The maximum Gasteiger partial charge on any atom is 0.417 e. The molecule has 0 fully saturated rings. The molecule has 0 saturated carbocycles. The number of benzene rings is 2. The number of halogens is 4. The molecule has 0 atom stereocenters. The van der Waals surface area contributed by atoms with Crippen molar-refractivity contribution in [3.8, 4) is 39.7 Å². The van der Waals surface area contributed by atoms with Crippen molar-refractivity contribution >= 4 is 23.4 Å². The molecule has 0 aliphatic heterocycles. The van der Waals surface area contributed by atoms with Crippen molar-refractivity contribution in [3.05, 3.63) is 65.3 Å². The molecule has 0 bridgehead atoms. The number of aromatic nitrogens is 3. The van der Waals surface area contributed by atoms with Crippen LogP contribution in [0.2, 0.25) is 5.02 Å². The van der Waals surface area contributed by atoms with E-state index in [-0.39, 0.29) is 53.2 Å². The van der Waals surface area contributed by atoms with Gasteiger partial charge < -0.3 is 19.7 Å². The van der Waals surface area contributed by atoms with Gasteiger partial charge in [-0.3, -0.25) is 4.79 Å². The third kappa shape index (κ3) is 6.00. The maximum atomic E-state index is 13.6. The number of hydrogen-bond donors (Lipinski definition) is 2. The predicted molar refractivity (Wildman–Crippen MR) is 130 cm³/mol. The van der Waals surface area contributed by atoms with Gasteiger partial charge in [0.2, 0.25) is 5.82 Å². The number of rotatable bonds is 9. The minimum absolute atomic E-state index is 0.00557. The first-order valence-corrected chi connectivity index (χ1v) is 11.4. The number of nitrogens with one attached hydrogen (secondary N) is 1. The molecule has 2 heterocycles. The normalized spacial score (nSPS) is 11.4. The molecule has 0 aliphatic carbocycles. The molecule has 12 heteroatoms. The first-order valence-electron chi connectivity index (χ1n) is 11.1. The van der Waals surface area contributed by atoms with E-state index >= 15 is 0 Å². The largest absolute Gasteiger partial charge is 0.493 e. The van der Waals surface area contributed by atoms with Gasteiger partial charge in [-0.15, -0.1) is 0 Å². The standard InChI is InChI=1S/C25H20ClF3N4O4/c1-2-36-20-12-14(7-8-17(20)16-5-3-4-6-18(16)25(27,28)29)24-32-22(33-37-24)15-11-19(26)23(31-13-15)30-10-9-21(34)35/h3-8,11-13H,2,9-10H2,1H3,(H,30,31)(H,34,35). The number of carboxylic acid groups (broad SMARTS) is 1. The third-order valence-corrected chi connectivity index (χ3v) is 5.50. The smallest absolute Gasteiger partial charge is 0.417 e. The number of alkyl halides is 3. The Morgan fingerprint density at radius 3 is 2.62 bits per heavy atom. The minimum atomic E-state index is -4.53. The summed E-state index contributed by atoms with van der Waals surface area (Å²) in [5, 5.41) is 15.8. The molecule has 192 valence electrons. The fourth-order valence-electron chi connectivity index (χ4n) is 3.55. The fraction of sp³-hybridized carbons (Fsp3) is 0.200. The lowest BCUT2D eigenvalue weighted by molar-refractivity contribution is -0.137. The highest BCUT2D eigenvalue weighted by Crippen LogP contribution is 2.41. The van der Waals surface area contributed by atoms with Crippen molar-refractivity contribution in [2.75, 3.05) is 18.5 Å². The maximum absolute atomic E-state index is 13.6. The lowest BCUT2D eigenvalue weighted by Gasteiger charge is -2.16. The highest BCUT2D eigenvalue weighted by atomic mass is 35.5. The average Bonchev–Trinajstić information content (AvgIpc) is 3.35. The van der Waals surface area contributed by atoms with E-state index < -0.39 is 17.7 Å². The van der Waals surface area contributed by atoms with Crippen LogP contribution in [0.3, 0.4) is 0 Å². The van der Waals surface area contributed by atoms with Crippen molar-refractivity contribution in [1.29, 1.82) is 0 Å². The summed E-state index contributed by atoms with van der Waals surface area (Å²) in [5.74, 6) is -0.105. The molecule has 4 aromatic rings. The van der Waals surface area contributed by atoms with Crippen LogP contribution in [0.4, 0.5) is 19.0 Å². The Bertz CT molecular complexity index is 1430. The third-order valence-electron chi connectivity index (χ3n) is 5.21. The summed E-state index contributed by atoms with van der Waals surface area (Å²) in [6, 6.07) is 11.5. The minimum Gasteiger partial charge on any atom is -0.493 e.